The number of Topliss-reactive ketones (excluding diaryl/α,β-unsaturated/α-hetero) is 2. The molecule has 2 saturated carbocycles. The highest BCUT2D eigenvalue weighted by Gasteiger charge is 2.75. The fraction of sp³-hybridized carbons (Fsp3) is 0.600. The van der Waals surface area contributed by atoms with Gasteiger partial charge in [-0.05, 0) is 19.8 Å². The maximum Gasteiger partial charge on any atom is 0.147 e. The molecule has 0 N–H and O–H groups in total. The zero-order chi connectivity index (χ0) is 8.98. The third kappa shape index (κ3) is 0.542. The van der Waals surface area contributed by atoms with Crippen molar-refractivity contribution in [3.05, 3.63) is 12.7 Å². The van der Waals surface area contributed by atoms with E-state index in [2.05, 4.69) is 6.58 Å². The van der Waals surface area contributed by atoms with Gasteiger partial charge in [-0.15, -0.1) is 6.58 Å². The Kier molecular flexibility index (Phi) is 1.20. The minimum atomic E-state index is -0.630. The van der Waals surface area contributed by atoms with Gasteiger partial charge in [0.2, 0.25) is 0 Å². The first-order valence-electron chi connectivity index (χ1n) is 4.27. The van der Waals surface area contributed by atoms with Crippen molar-refractivity contribution in [2.45, 2.75) is 26.2 Å². The minimum absolute atomic E-state index is 0.0323. The Hall–Kier alpha value is -0.920. The molecule has 12 heavy (non-hydrogen) atoms. The molecule has 0 aromatic rings. The molecule has 0 heterocycles. The summed E-state index contributed by atoms with van der Waals surface area (Å²) in [5.41, 5.74) is -0.773. The molecule has 0 amide bonds. The van der Waals surface area contributed by atoms with Crippen molar-refractivity contribution >= 4 is 11.6 Å². The second-order valence-electron chi connectivity index (χ2n) is 3.92. The molecule has 2 aliphatic rings. The molecule has 2 fully saturated rings. The fourth-order valence-corrected chi connectivity index (χ4v) is 2.68. The molecule has 0 bridgehead atoms. The Morgan fingerprint density at radius 3 is 2.67 bits per heavy atom. The lowest BCUT2D eigenvalue weighted by atomic mass is 9.92. The van der Waals surface area contributed by atoms with E-state index in [1.54, 1.807) is 6.08 Å². The number of rotatable bonds is 2. The quantitative estimate of drug-likeness (QED) is 0.458. The number of ketones is 2. The summed E-state index contributed by atoms with van der Waals surface area (Å²) in [7, 11) is 0. The number of hydrogen-bond donors (Lipinski definition) is 0. The van der Waals surface area contributed by atoms with E-state index < -0.39 is 5.41 Å². The number of fused-ring (bicyclic) bond motifs is 1. The summed E-state index contributed by atoms with van der Waals surface area (Å²) in [6, 6.07) is 0. The van der Waals surface area contributed by atoms with Crippen molar-refractivity contribution in [3.8, 4) is 0 Å². The largest absolute Gasteiger partial charge is 0.299 e. The standard InChI is InChI=1S/C10H12O2/c1-3-9-5-4-8(12)10(9,6-9)7(2)11/h3H,1,4-6H2,2H3. The van der Waals surface area contributed by atoms with Gasteiger partial charge in [0.15, 0.2) is 0 Å². The predicted octanol–water partition coefficient (Wildman–Crippen LogP) is 1.50. The molecular weight excluding hydrogens is 152 g/mol. The SMILES string of the molecule is C=CC12CCC(=O)C1(C(C)=O)C2. The van der Waals surface area contributed by atoms with Crippen LogP contribution in [-0.4, -0.2) is 11.6 Å². The smallest absolute Gasteiger partial charge is 0.147 e. The Labute approximate surface area is 71.6 Å². The van der Waals surface area contributed by atoms with E-state index in [1.807, 2.05) is 0 Å². The molecule has 0 radical (unpaired) electrons. The molecule has 2 aliphatic carbocycles. The van der Waals surface area contributed by atoms with Crippen LogP contribution in [0.5, 0.6) is 0 Å². The highest BCUT2D eigenvalue weighted by Crippen LogP contribution is 2.72. The van der Waals surface area contributed by atoms with Crippen LogP contribution in [0.3, 0.4) is 0 Å². The lowest BCUT2D eigenvalue weighted by Gasteiger charge is -2.08. The van der Waals surface area contributed by atoms with Crippen LogP contribution in [0.1, 0.15) is 26.2 Å². The summed E-state index contributed by atoms with van der Waals surface area (Å²) in [5.74, 6) is 0.166. The lowest BCUT2D eigenvalue weighted by Crippen LogP contribution is -2.23. The maximum absolute atomic E-state index is 11.5. The second-order valence-corrected chi connectivity index (χ2v) is 3.92. The number of carbonyl (C=O) groups excluding carboxylic acids is 2. The maximum atomic E-state index is 11.5. The highest BCUT2D eigenvalue weighted by molar-refractivity contribution is 6.12. The topological polar surface area (TPSA) is 34.1 Å². The molecule has 2 unspecified atom stereocenters. The van der Waals surface area contributed by atoms with Crippen molar-refractivity contribution < 1.29 is 9.59 Å². The highest BCUT2D eigenvalue weighted by atomic mass is 16.2. The van der Waals surface area contributed by atoms with E-state index >= 15 is 0 Å². The molecule has 0 aliphatic heterocycles. The Morgan fingerprint density at radius 2 is 2.33 bits per heavy atom. The van der Waals surface area contributed by atoms with Crippen molar-refractivity contribution in [2.24, 2.45) is 10.8 Å². The fourth-order valence-electron chi connectivity index (χ4n) is 2.68. The molecule has 2 atom stereocenters. The monoisotopic (exact) mass is 164 g/mol. The third-order valence-corrected chi connectivity index (χ3v) is 3.57. The van der Waals surface area contributed by atoms with Crippen LogP contribution in [0.15, 0.2) is 12.7 Å². The Bertz CT molecular complexity index is 292. The van der Waals surface area contributed by atoms with Crippen LogP contribution >= 0.6 is 0 Å². The van der Waals surface area contributed by atoms with E-state index in [0.717, 1.165) is 12.8 Å². The molecule has 0 aromatic heterocycles. The van der Waals surface area contributed by atoms with Crippen molar-refractivity contribution in [1.29, 1.82) is 0 Å². The molecule has 2 heteroatoms. The first-order valence-corrected chi connectivity index (χ1v) is 4.27. The summed E-state index contributed by atoms with van der Waals surface area (Å²) in [6.45, 7) is 5.24. The summed E-state index contributed by atoms with van der Waals surface area (Å²) < 4.78 is 0. The van der Waals surface area contributed by atoms with Crippen LogP contribution < -0.4 is 0 Å². The zero-order valence-corrected chi connectivity index (χ0v) is 7.22. The van der Waals surface area contributed by atoms with Crippen molar-refractivity contribution in [1.82, 2.24) is 0 Å². The van der Waals surface area contributed by atoms with Gasteiger partial charge in [-0.2, -0.15) is 0 Å². The molecule has 2 nitrogen and oxygen atoms in total. The van der Waals surface area contributed by atoms with Gasteiger partial charge in [-0.3, -0.25) is 9.59 Å². The molecule has 0 spiro atoms. The Balaban J connectivity index is 2.44. The van der Waals surface area contributed by atoms with Gasteiger partial charge in [-0.1, -0.05) is 6.08 Å². The second kappa shape index (κ2) is 1.87. The van der Waals surface area contributed by atoms with E-state index in [4.69, 9.17) is 0 Å². The summed E-state index contributed by atoms with van der Waals surface area (Å²) >= 11 is 0. The first-order chi connectivity index (χ1) is 5.59. The van der Waals surface area contributed by atoms with Crippen LogP contribution in [0.2, 0.25) is 0 Å². The van der Waals surface area contributed by atoms with Crippen molar-refractivity contribution in [2.75, 3.05) is 0 Å². The van der Waals surface area contributed by atoms with Gasteiger partial charge in [0.1, 0.15) is 11.6 Å². The Morgan fingerprint density at radius 1 is 1.67 bits per heavy atom. The van der Waals surface area contributed by atoms with E-state index in [0.29, 0.717) is 6.42 Å². The van der Waals surface area contributed by atoms with Gasteiger partial charge in [-0.25, -0.2) is 0 Å². The normalized spacial score (nSPS) is 43.9. The van der Waals surface area contributed by atoms with Crippen LogP contribution in [0.4, 0.5) is 0 Å². The molecule has 64 valence electrons. The van der Waals surface area contributed by atoms with Gasteiger partial charge >= 0.3 is 0 Å². The van der Waals surface area contributed by atoms with E-state index in [9.17, 15) is 9.59 Å². The first kappa shape index (κ1) is 7.71. The average molecular weight is 164 g/mol. The summed E-state index contributed by atoms with van der Waals surface area (Å²) in [6.07, 6.45) is 3.91. The number of allylic oxidation sites excluding steroid dienone is 1. The summed E-state index contributed by atoms with van der Waals surface area (Å²) in [4.78, 5) is 22.8. The van der Waals surface area contributed by atoms with Gasteiger partial charge in [0, 0.05) is 11.8 Å². The third-order valence-electron chi connectivity index (χ3n) is 3.57. The average Bonchev–Trinajstić information content (AvgIpc) is 2.65. The minimum Gasteiger partial charge on any atom is -0.299 e. The van der Waals surface area contributed by atoms with Gasteiger partial charge in [0.05, 0.1) is 5.41 Å². The molecular formula is C10H12O2. The number of hydrogen-bond acceptors (Lipinski definition) is 2. The van der Waals surface area contributed by atoms with E-state index in [1.165, 1.54) is 6.92 Å². The number of carbonyl (C=O) groups is 2. The molecule has 0 aromatic carbocycles. The zero-order valence-electron chi connectivity index (χ0n) is 7.22. The predicted molar refractivity (Wildman–Crippen MR) is 44.6 cm³/mol. The lowest BCUT2D eigenvalue weighted by molar-refractivity contribution is -0.132. The van der Waals surface area contributed by atoms with Crippen molar-refractivity contribution in [3.63, 3.8) is 0 Å². The summed E-state index contributed by atoms with van der Waals surface area (Å²) in [5, 5.41) is 0. The van der Waals surface area contributed by atoms with Crippen LogP contribution in [0, 0.1) is 10.8 Å². The van der Waals surface area contributed by atoms with Crippen LogP contribution in [-0.2, 0) is 9.59 Å². The van der Waals surface area contributed by atoms with Gasteiger partial charge in [0.25, 0.3) is 0 Å². The molecule has 2 rings (SSSR count). The van der Waals surface area contributed by atoms with Crippen LogP contribution in [0.25, 0.3) is 0 Å². The van der Waals surface area contributed by atoms with Gasteiger partial charge < -0.3 is 0 Å². The molecule has 0 saturated heterocycles. The van der Waals surface area contributed by atoms with E-state index in [-0.39, 0.29) is 17.0 Å².